The van der Waals surface area contributed by atoms with E-state index in [1.807, 2.05) is 0 Å². The van der Waals surface area contributed by atoms with Crippen molar-refractivity contribution in [2.45, 2.75) is 32.1 Å². The van der Waals surface area contributed by atoms with Crippen molar-refractivity contribution < 1.29 is 9.13 Å². The Kier molecular flexibility index (Phi) is 3.91. The Balaban J connectivity index is 2.35. The molecule has 0 unspecified atom stereocenters. The quantitative estimate of drug-likeness (QED) is 0.891. The molecular weight excluding hydrogens is 229 g/mol. The Hall–Kier alpha value is -1.09. The van der Waals surface area contributed by atoms with Gasteiger partial charge in [-0.1, -0.05) is 13.8 Å². The molecule has 1 N–H and O–H groups in total. The fourth-order valence-electron chi connectivity index (χ4n) is 2.95. The fourth-order valence-corrected chi connectivity index (χ4v) is 2.95. The van der Waals surface area contributed by atoms with Crippen molar-refractivity contribution in [3.8, 4) is 5.75 Å². The molecule has 18 heavy (non-hydrogen) atoms. The first-order valence-corrected chi connectivity index (χ1v) is 6.60. The summed E-state index contributed by atoms with van der Waals surface area (Å²) in [7, 11) is 1.65. The van der Waals surface area contributed by atoms with E-state index >= 15 is 0 Å². The topological polar surface area (TPSA) is 21.3 Å². The standard InChI is InChI=1S/C15H22FNO/c1-15(2,11-6-8-17-9-7-11)13-10-12(16)4-5-14(13)18-3/h4-5,10-11,17H,6-9H2,1-3H3. The summed E-state index contributed by atoms with van der Waals surface area (Å²) in [5.74, 6) is 1.17. The van der Waals surface area contributed by atoms with Gasteiger partial charge in [0.1, 0.15) is 11.6 Å². The van der Waals surface area contributed by atoms with E-state index in [0.717, 1.165) is 37.2 Å². The van der Waals surface area contributed by atoms with Crippen LogP contribution in [0.2, 0.25) is 0 Å². The van der Waals surface area contributed by atoms with Gasteiger partial charge >= 0.3 is 0 Å². The SMILES string of the molecule is COc1ccc(F)cc1C(C)(C)C1CCNCC1. The molecule has 0 saturated carbocycles. The molecule has 1 aliphatic heterocycles. The predicted molar refractivity (Wildman–Crippen MR) is 71.6 cm³/mol. The van der Waals surface area contributed by atoms with E-state index in [0.29, 0.717) is 5.92 Å². The molecule has 100 valence electrons. The summed E-state index contributed by atoms with van der Waals surface area (Å²) in [6.45, 7) is 6.48. The number of rotatable bonds is 3. The number of hydrogen-bond acceptors (Lipinski definition) is 2. The van der Waals surface area contributed by atoms with Gasteiger partial charge in [0, 0.05) is 5.56 Å². The van der Waals surface area contributed by atoms with E-state index in [2.05, 4.69) is 19.2 Å². The summed E-state index contributed by atoms with van der Waals surface area (Å²) >= 11 is 0. The van der Waals surface area contributed by atoms with Crippen molar-refractivity contribution in [2.24, 2.45) is 5.92 Å². The van der Waals surface area contributed by atoms with Crippen LogP contribution in [-0.4, -0.2) is 20.2 Å². The molecular formula is C15H22FNO. The molecule has 0 bridgehead atoms. The van der Waals surface area contributed by atoms with Gasteiger partial charge < -0.3 is 10.1 Å². The van der Waals surface area contributed by atoms with Crippen LogP contribution in [0.4, 0.5) is 4.39 Å². The Morgan fingerprint density at radius 2 is 1.94 bits per heavy atom. The first kappa shape index (κ1) is 13.3. The molecule has 1 aromatic rings. The lowest BCUT2D eigenvalue weighted by atomic mass is 9.69. The number of benzene rings is 1. The van der Waals surface area contributed by atoms with Gasteiger partial charge in [0.2, 0.25) is 0 Å². The van der Waals surface area contributed by atoms with Gasteiger partial charge in [-0.15, -0.1) is 0 Å². The molecule has 1 aromatic carbocycles. The molecule has 2 nitrogen and oxygen atoms in total. The van der Waals surface area contributed by atoms with Crippen LogP contribution in [0.5, 0.6) is 5.75 Å². The van der Waals surface area contributed by atoms with Gasteiger partial charge in [0.05, 0.1) is 7.11 Å². The first-order valence-electron chi connectivity index (χ1n) is 6.60. The second-order valence-electron chi connectivity index (χ2n) is 5.59. The predicted octanol–water partition coefficient (Wildman–Crippen LogP) is 3.11. The summed E-state index contributed by atoms with van der Waals surface area (Å²) in [5, 5.41) is 3.37. The second kappa shape index (κ2) is 5.27. The highest BCUT2D eigenvalue weighted by Crippen LogP contribution is 2.41. The Morgan fingerprint density at radius 1 is 1.28 bits per heavy atom. The Labute approximate surface area is 109 Å². The lowest BCUT2D eigenvalue weighted by molar-refractivity contribution is 0.240. The second-order valence-corrected chi connectivity index (χ2v) is 5.59. The van der Waals surface area contributed by atoms with E-state index in [-0.39, 0.29) is 11.2 Å². The molecule has 3 heteroatoms. The Bertz CT molecular complexity index is 411. The number of piperidine rings is 1. The zero-order valence-corrected chi connectivity index (χ0v) is 11.4. The fraction of sp³-hybridized carbons (Fsp3) is 0.600. The van der Waals surface area contributed by atoms with Gasteiger partial charge in [-0.25, -0.2) is 4.39 Å². The van der Waals surface area contributed by atoms with Crippen LogP contribution in [0.3, 0.4) is 0 Å². The molecule has 0 atom stereocenters. The minimum absolute atomic E-state index is 0.0600. The molecule has 0 spiro atoms. The van der Waals surface area contributed by atoms with Crippen LogP contribution in [0, 0.1) is 11.7 Å². The molecule has 0 aliphatic carbocycles. The van der Waals surface area contributed by atoms with Crippen LogP contribution < -0.4 is 10.1 Å². The van der Waals surface area contributed by atoms with E-state index in [1.54, 1.807) is 19.2 Å². The first-order chi connectivity index (χ1) is 8.55. The molecule has 1 heterocycles. The van der Waals surface area contributed by atoms with Crippen LogP contribution in [0.25, 0.3) is 0 Å². The zero-order valence-electron chi connectivity index (χ0n) is 11.4. The minimum atomic E-state index is -0.187. The highest BCUT2D eigenvalue weighted by molar-refractivity contribution is 5.40. The van der Waals surface area contributed by atoms with Gasteiger partial charge in [-0.3, -0.25) is 0 Å². The average molecular weight is 251 g/mol. The summed E-state index contributed by atoms with van der Waals surface area (Å²) in [5.41, 5.74) is 0.923. The number of ether oxygens (including phenoxy) is 1. The average Bonchev–Trinajstić information content (AvgIpc) is 2.39. The van der Waals surface area contributed by atoms with Crippen molar-refractivity contribution in [3.05, 3.63) is 29.6 Å². The van der Waals surface area contributed by atoms with Crippen LogP contribution in [-0.2, 0) is 5.41 Å². The van der Waals surface area contributed by atoms with Crippen LogP contribution >= 0.6 is 0 Å². The van der Waals surface area contributed by atoms with Crippen LogP contribution in [0.1, 0.15) is 32.3 Å². The molecule has 0 aromatic heterocycles. The largest absolute Gasteiger partial charge is 0.496 e. The minimum Gasteiger partial charge on any atom is -0.496 e. The molecule has 1 aliphatic rings. The maximum absolute atomic E-state index is 13.5. The number of halogens is 1. The summed E-state index contributed by atoms with van der Waals surface area (Å²) in [6, 6.07) is 4.81. The van der Waals surface area contributed by atoms with Crippen LogP contribution in [0.15, 0.2) is 18.2 Å². The molecule has 2 rings (SSSR count). The third kappa shape index (κ3) is 2.51. The highest BCUT2D eigenvalue weighted by Gasteiger charge is 2.34. The zero-order chi connectivity index (χ0) is 13.2. The normalized spacial score (nSPS) is 17.8. The van der Waals surface area contributed by atoms with Gasteiger partial charge in [0.25, 0.3) is 0 Å². The number of methoxy groups -OCH3 is 1. The van der Waals surface area contributed by atoms with E-state index < -0.39 is 0 Å². The summed E-state index contributed by atoms with van der Waals surface area (Å²) in [6.07, 6.45) is 2.26. The highest BCUT2D eigenvalue weighted by atomic mass is 19.1. The monoisotopic (exact) mass is 251 g/mol. The third-order valence-corrected chi connectivity index (χ3v) is 4.22. The lowest BCUT2D eigenvalue weighted by Crippen LogP contribution is -2.38. The maximum atomic E-state index is 13.5. The van der Waals surface area contributed by atoms with E-state index in [4.69, 9.17) is 4.74 Å². The summed E-state index contributed by atoms with van der Waals surface area (Å²) < 4.78 is 18.9. The molecule has 1 saturated heterocycles. The van der Waals surface area contributed by atoms with E-state index in [9.17, 15) is 4.39 Å². The third-order valence-electron chi connectivity index (χ3n) is 4.22. The smallest absolute Gasteiger partial charge is 0.123 e. The van der Waals surface area contributed by atoms with Crippen molar-refractivity contribution >= 4 is 0 Å². The number of nitrogens with one attached hydrogen (secondary N) is 1. The molecule has 0 radical (unpaired) electrons. The molecule has 1 fully saturated rings. The van der Waals surface area contributed by atoms with Crippen molar-refractivity contribution in [1.82, 2.24) is 5.32 Å². The van der Waals surface area contributed by atoms with Gasteiger partial charge in [-0.2, -0.15) is 0 Å². The summed E-state index contributed by atoms with van der Waals surface area (Å²) in [4.78, 5) is 0. The van der Waals surface area contributed by atoms with Crippen molar-refractivity contribution in [2.75, 3.05) is 20.2 Å². The van der Waals surface area contributed by atoms with Gasteiger partial charge in [0.15, 0.2) is 0 Å². The van der Waals surface area contributed by atoms with Crippen molar-refractivity contribution in [1.29, 1.82) is 0 Å². The van der Waals surface area contributed by atoms with Crippen molar-refractivity contribution in [3.63, 3.8) is 0 Å². The number of hydrogen-bond donors (Lipinski definition) is 1. The maximum Gasteiger partial charge on any atom is 0.123 e. The van der Waals surface area contributed by atoms with E-state index in [1.165, 1.54) is 6.07 Å². The lowest BCUT2D eigenvalue weighted by Gasteiger charge is -2.38. The Morgan fingerprint density at radius 3 is 2.56 bits per heavy atom. The molecule has 0 amide bonds. The van der Waals surface area contributed by atoms with Gasteiger partial charge in [-0.05, 0) is 55.5 Å².